The number of aromatic amines is 1. The fourth-order valence-electron chi connectivity index (χ4n) is 3.41. The molecule has 0 saturated carbocycles. The molecule has 4 aromatic rings. The minimum Gasteiger partial charge on any atom is -0.506 e. The number of nitrogens with one attached hydrogen (secondary N) is 1. The van der Waals surface area contributed by atoms with Crippen molar-refractivity contribution in [2.75, 3.05) is 6.26 Å². The van der Waals surface area contributed by atoms with Crippen LogP contribution in [0.2, 0.25) is 5.02 Å². The summed E-state index contributed by atoms with van der Waals surface area (Å²) in [6.07, 6.45) is 1.14. The molecule has 3 aromatic carbocycles. The molecule has 1 aromatic heterocycles. The van der Waals surface area contributed by atoms with Crippen LogP contribution in [0.4, 0.5) is 0 Å². The van der Waals surface area contributed by atoms with Crippen LogP contribution in [0.3, 0.4) is 0 Å². The molecule has 0 fully saturated rings. The fraction of sp³-hybridized carbons (Fsp3) is 0.0435. The minimum absolute atomic E-state index is 0.0415. The lowest BCUT2D eigenvalue weighted by Gasteiger charge is -2.11. The maximum atomic E-state index is 12.8. The summed E-state index contributed by atoms with van der Waals surface area (Å²) < 4.78 is 23.8. The van der Waals surface area contributed by atoms with Crippen LogP contribution in [0.5, 0.6) is 5.75 Å². The molecule has 4 rings (SSSR count). The molecule has 8 heteroatoms. The topological polar surface area (TPSA) is 111 Å². The summed E-state index contributed by atoms with van der Waals surface area (Å²) >= 11 is 6.03. The number of pyridine rings is 1. The molecule has 154 valence electrons. The summed E-state index contributed by atoms with van der Waals surface area (Å²) in [6, 6.07) is 18.1. The monoisotopic (exact) mass is 450 g/mol. The number of nitriles is 1. The Labute approximate surface area is 182 Å². The first-order valence-electron chi connectivity index (χ1n) is 9.08. The molecule has 0 aliphatic carbocycles. The molecule has 6 nitrogen and oxygen atoms in total. The van der Waals surface area contributed by atoms with E-state index >= 15 is 0 Å². The van der Waals surface area contributed by atoms with E-state index in [-0.39, 0.29) is 26.8 Å². The second-order valence-corrected chi connectivity index (χ2v) is 9.47. The highest BCUT2D eigenvalue weighted by Crippen LogP contribution is 2.36. The highest BCUT2D eigenvalue weighted by atomic mass is 35.5. The molecule has 2 N–H and O–H groups in total. The Bertz CT molecular complexity index is 1570. The molecule has 0 saturated heterocycles. The SMILES string of the molecule is CS(=O)(=O)c1cccc(-c2cccc(-c3c(O)c4cc(C#N)c(Cl)cc4[nH]c3=O)c2)c1. The van der Waals surface area contributed by atoms with Gasteiger partial charge >= 0.3 is 0 Å². The van der Waals surface area contributed by atoms with Crippen molar-refractivity contribution in [2.45, 2.75) is 4.90 Å². The molecule has 31 heavy (non-hydrogen) atoms. The predicted octanol–water partition coefficient (Wildman–Crippen LogP) is 4.50. The van der Waals surface area contributed by atoms with E-state index in [2.05, 4.69) is 4.98 Å². The second-order valence-electron chi connectivity index (χ2n) is 7.05. The molecule has 0 atom stereocenters. The van der Waals surface area contributed by atoms with Crippen LogP contribution in [-0.2, 0) is 9.84 Å². The number of halogens is 1. The van der Waals surface area contributed by atoms with Gasteiger partial charge in [-0.15, -0.1) is 0 Å². The zero-order valence-electron chi connectivity index (χ0n) is 16.2. The minimum atomic E-state index is -3.38. The maximum absolute atomic E-state index is 12.8. The Balaban J connectivity index is 1.92. The largest absolute Gasteiger partial charge is 0.506 e. The molecule has 0 aliphatic heterocycles. The van der Waals surface area contributed by atoms with Gasteiger partial charge in [-0.2, -0.15) is 5.26 Å². The first-order valence-corrected chi connectivity index (χ1v) is 11.4. The molecule has 0 radical (unpaired) electrons. The van der Waals surface area contributed by atoms with Gasteiger partial charge in [-0.1, -0.05) is 41.9 Å². The van der Waals surface area contributed by atoms with Crippen LogP contribution >= 0.6 is 11.6 Å². The van der Waals surface area contributed by atoms with Gasteiger partial charge in [0.05, 0.1) is 26.6 Å². The van der Waals surface area contributed by atoms with Gasteiger partial charge in [0.1, 0.15) is 11.8 Å². The van der Waals surface area contributed by atoms with Crippen LogP contribution in [-0.4, -0.2) is 24.8 Å². The highest BCUT2D eigenvalue weighted by molar-refractivity contribution is 7.90. The van der Waals surface area contributed by atoms with Crippen LogP contribution in [0, 0.1) is 11.3 Å². The van der Waals surface area contributed by atoms with Crippen LogP contribution in [0.1, 0.15) is 5.56 Å². The molecule has 1 heterocycles. The molecule has 0 amide bonds. The van der Waals surface area contributed by atoms with E-state index in [1.54, 1.807) is 42.5 Å². The standard InChI is InChI=1S/C23H15ClN2O4S/c1-31(29,30)17-7-3-5-14(9-17)13-4-2-6-15(8-13)21-22(27)18-10-16(12-25)19(24)11-20(18)26-23(21)28/h2-11H,1H3,(H2,26,27,28). The Morgan fingerprint density at radius 1 is 1.00 bits per heavy atom. The van der Waals surface area contributed by atoms with Crippen LogP contribution < -0.4 is 5.56 Å². The van der Waals surface area contributed by atoms with Crippen molar-refractivity contribution in [3.63, 3.8) is 0 Å². The summed E-state index contributed by atoms with van der Waals surface area (Å²) in [5, 5.41) is 20.5. The van der Waals surface area contributed by atoms with E-state index in [0.29, 0.717) is 27.6 Å². The van der Waals surface area contributed by atoms with Gasteiger partial charge < -0.3 is 10.1 Å². The summed E-state index contributed by atoms with van der Waals surface area (Å²) in [7, 11) is -3.38. The normalized spacial score (nSPS) is 11.4. The van der Waals surface area contributed by atoms with E-state index in [9.17, 15) is 23.6 Å². The molecular formula is C23H15ClN2O4S. The predicted molar refractivity (Wildman–Crippen MR) is 120 cm³/mol. The number of hydrogen-bond donors (Lipinski definition) is 2. The van der Waals surface area contributed by atoms with Crippen molar-refractivity contribution < 1.29 is 13.5 Å². The van der Waals surface area contributed by atoms with Gasteiger partial charge in [0.25, 0.3) is 5.56 Å². The third-order valence-electron chi connectivity index (χ3n) is 4.94. The number of aromatic hydroxyl groups is 1. The van der Waals surface area contributed by atoms with E-state index in [1.807, 2.05) is 6.07 Å². The van der Waals surface area contributed by atoms with Crippen molar-refractivity contribution in [1.82, 2.24) is 4.98 Å². The first kappa shape index (κ1) is 20.7. The smallest absolute Gasteiger partial charge is 0.260 e. The summed E-state index contributed by atoms with van der Waals surface area (Å²) in [5.41, 5.74) is 1.78. The van der Waals surface area contributed by atoms with Crippen LogP contribution in [0.25, 0.3) is 33.2 Å². The van der Waals surface area contributed by atoms with Gasteiger partial charge in [0, 0.05) is 11.6 Å². The first-order chi connectivity index (χ1) is 14.7. The van der Waals surface area contributed by atoms with Crippen LogP contribution in [0.15, 0.2) is 70.4 Å². The average molecular weight is 451 g/mol. The third kappa shape index (κ3) is 3.79. The Morgan fingerprint density at radius 3 is 2.32 bits per heavy atom. The maximum Gasteiger partial charge on any atom is 0.260 e. The van der Waals surface area contributed by atoms with Crippen molar-refractivity contribution in [2.24, 2.45) is 0 Å². The lowest BCUT2D eigenvalue weighted by Crippen LogP contribution is -2.09. The molecule has 0 bridgehead atoms. The Kier molecular flexibility index (Phi) is 5.05. The summed E-state index contributed by atoms with van der Waals surface area (Å²) in [4.78, 5) is 15.6. The number of benzene rings is 3. The molecule has 0 spiro atoms. The number of nitrogens with zero attached hydrogens (tertiary/aromatic N) is 1. The lowest BCUT2D eigenvalue weighted by atomic mass is 9.98. The molecule has 0 unspecified atom stereocenters. The summed E-state index contributed by atoms with van der Waals surface area (Å²) in [6.45, 7) is 0. The highest BCUT2D eigenvalue weighted by Gasteiger charge is 2.17. The van der Waals surface area contributed by atoms with Crippen molar-refractivity contribution in [1.29, 1.82) is 5.26 Å². The number of sulfone groups is 1. The zero-order valence-corrected chi connectivity index (χ0v) is 17.8. The fourth-order valence-corrected chi connectivity index (χ4v) is 4.29. The molecule has 0 aliphatic rings. The van der Waals surface area contributed by atoms with Gasteiger partial charge in [-0.3, -0.25) is 4.79 Å². The number of rotatable bonds is 3. The van der Waals surface area contributed by atoms with Crippen molar-refractivity contribution >= 4 is 32.3 Å². The second kappa shape index (κ2) is 7.58. The quantitative estimate of drug-likeness (QED) is 0.477. The van der Waals surface area contributed by atoms with Gasteiger partial charge in [-0.05, 0) is 47.0 Å². The van der Waals surface area contributed by atoms with Gasteiger partial charge in [-0.25, -0.2) is 8.42 Å². The number of aromatic nitrogens is 1. The van der Waals surface area contributed by atoms with Gasteiger partial charge in [0.2, 0.25) is 0 Å². The van der Waals surface area contributed by atoms with Gasteiger partial charge in [0.15, 0.2) is 9.84 Å². The number of fused-ring (bicyclic) bond motifs is 1. The van der Waals surface area contributed by atoms with Crippen molar-refractivity contribution in [3.8, 4) is 34.1 Å². The van der Waals surface area contributed by atoms with E-state index < -0.39 is 15.4 Å². The average Bonchev–Trinajstić information content (AvgIpc) is 2.73. The number of H-pyrrole nitrogens is 1. The third-order valence-corrected chi connectivity index (χ3v) is 6.36. The lowest BCUT2D eigenvalue weighted by molar-refractivity contribution is 0.482. The van der Waals surface area contributed by atoms with E-state index in [1.165, 1.54) is 18.2 Å². The van der Waals surface area contributed by atoms with E-state index in [4.69, 9.17) is 11.6 Å². The Morgan fingerprint density at radius 2 is 1.65 bits per heavy atom. The van der Waals surface area contributed by atoms with Crippen molar-refractivity contribution in [3.05, 3.63) is 81.6 Å². The van der Waals surface area contributed by atoms with E-state index in [0.717, 1.165) is 6.26 Å². The number of hydrogen-bond acceptors (Lipinski definition) is 5. The molecular weight excluding hydrogens is 436 g/mol. The Hall–Kier alpha value is -3.60. The summed E-state index contributed by atoms with van der Waals surface area (Å²) in [5.74, 6) is -0.269. The zero-order chi connectivity index (χ0) is 22.3.